The normalized spacial score (nSPS) is 11.3. The highest BCUT2D eigenvalue weighted by Crippen LogP contribution is 2.26. The van der Waals surface area contributed by atoms with E-state index in [0.29, 0.717) is 23.0 Å². The summed E-state index contributed by atoms with van der Waals surface area (Å²) in [6.07, 6.45) is 1.59. The summed E-state index contributed by atoms with van der Waals surface area (Å²) in [5.74, 6) is -0.0992. The van der Waals surface area contributed by atoms with E-state index in [0.717, 1.165) is 6.26 Å². The summed E-state index contributed by atoms with van der Waals surface area (Å²) >= 11 is 1.21. The van der Waals surface area contributed by atoms with Gasteiger partial charge in [0.2, 0.25) is 10.0 Å². The number of hydrogen-bond acceptors (Lipinski definition) is 7. The molecule has 1 aromatic heterocycles. The molecule has 1 rings (SSSR count). The summed E-state index contributed by atoms with van der Waals surface area (Å²) in [7, 11) is 0.446. The summed E-state index contributed by atoms with van der Waals surface area (Å²) in [6.45, 7) is 0.635. The molecule has 8 nitrogen and oxygen atoms in total. The molecule has 0 aromatic carbocycles. The first-order valence-corrected chi connectivity index (χ1v) is 8.58. The second-order valence-electron chi connectivity index (χ2n) is 4.38. The number of nitrogens with zero attached hydrogens (tertiary/aromatic N) is 2. The average Bonchev–Trinajstić information content (AvgIpc) is 2.69. The van der Waals surface area contributed by atoms with Crippen LogP contribution >= 0.6 is 11.3 Å². The Labute approximate surface area is 122 Å². The van der Waals surface area contributed by atoms with Crippen molar-refractivity contribution in [3.63, 3.8) is 0 Å². The number of amides is 1. The maximum Gasteiger partial charge on any atom is 0.265 e. The van der Waals surface area contributed by atoms with Crippen molar-refractivity contribution < 1.29 is 13.2 Å². The zero-order valence-corrected chi connectivity index (χ0v) is 13.3. The molecule has 0 saturated heterocycles. The van der Waals surface area contributed by atoms with E-state index in [9.17, 15) is 13.2 Å². The standard InChI is InChI=1S/C10H19N5O3S2/c1-15(2)10-14-8(11)7(19-10)9(16)12-5-4-6-13-20(3,17)18/h13H,4-6,11H2,1-3H3,(H,12,16). The van der Waals surface area contributed by atoms with Gasteiger partial charge in [-0.25, -0.2) is 18.1 Å². The molecule has 20 heavy (non-hydrogen) atoms. The molecular formula is C10H19N5O3S2. The van der Waals surface area contributed by atoms with Crippen LogP contribution in [0.2, 0.25) is 0 Å². The van der Waals surface area contributed by atoms with Crippen LogP contribution in [-0.4, -0.2) is 52.7 Å². The predicted molar refractivity (Wildman–Crippen MR) is 80.7 cm³/mol. The fourth-order valence-corrected chi connectivity index (χ4v) is 2.64. The topological polar surface area (TPSA) is 117 Å². The number of nitrogens with one attached hydrogen (secondary N) is 2. The number of carbonyl (C=O) groups is 1. The van der Waals surface area contributed by atoms with Crippen molar-refractivity contribution in [2.75, 3.05) is 44.1 Å². The molecule has 1 heterocycles. The smallest absolute Gasteiger partial charge is 0.265 e. The first-order valence-electron chi connectivity index (χ1n) is 5.87. The predicted octanol–water partition coefficient (Wildman–Crippen LogP) is -0.540. The maximum atomic E-state index is 11.9. The van der Waals surface area contributed by atoms with E-state index < -0.39 is 10.0 Å². The van der Waals surface area contributed by atoms with Crippen molar-refractivity contribution in [1.29, 1.82) is 0 Å². The zero-order chi connectivity index (χ0) is 15.3. The molecule has 1 aromatic rings. The van der Waals surface area contributed by atoms with Gasteiger partial charge in [0.05, 0.1) is 6.26 Å². The fraction of sp³-hybridized carbons (Fsp3) is 0.600. The molecular weight excluding hydrogens is 302 g/mol. The van der Waals surface area contributed by atoms with Gasteiger partial charge in [-0.05, 0) is 6.42 Å². The Morgan fingerprint density at radius 2 is 2.05 bits per heavy atom. The van der Waals surface area contributed by atoms with Crippen LogP contribution in [0.25, 0.3) is 0 Å². The number of sulfonamides is 1. The van der Waals surface area contributed by atoms with Gasteiger partial charge in [-0.15, -0.1) is 0 Å². The number of nitrogens with two attached hydrogens (primary N) is 1. The van der Waals surface area contributed by atoms with Crippen LogP contribution in [0.1, 0.15) is 16.1 Å². The van der Waals surface area contributed by atoms with Gasteiger partial charge in [0.25, 0.3) is 5.91 Å². The third kappa shape index (κ3) is 5.31. The van der Waals surface area contributed by atoms with Gasteiger partial charge in [0.15, 0.2) is 5.13 Å². The number of thiazole rings is 1. The second-order valence-corrected chi connectivity index (χ2v) is 7.19. The number of aromatic nitrogens is 1. The van der Waals surface area contributed by atoms with Crippen LogP contribution in [-0.2, 0) is 10.0 Å². The minimum Gasteiger partial charge on any atom is -0.382 e. The molecule has 0 atom stereocenters. The van der Waals surface area contributed by atoms with E-state index in [4.69, 9.17) is 5.73 Å². The quantitative estimate of drug-likeness (QED) is 0.581. The van der Waals surface area contributed by atoms with E-state index in [1.807, 2.05) is 14.1 Å². The highest BCUT2D eigenvalue weighted by Gasteiger charge is 2.16. The van der Waals surface area contributed by atoms with Gasteiger partial charge in [-0.1, -0.05) is 11.3 Å². The number of nitrogen functional groups attached to an aromatic ring is 1. The van der Waals surface area contributed by atoms with E-state index in [1.54, 1.807) is 4.90 Å². The Morgan fingerprint density at radius 1 is 1.40 bits per heavy atom. The fourth-order valence-electron chi connectivity index (χ4n) is 1.30. The van der Waals surface area contributed by atoms with Gasteiger partial charge in [-0.2, -0.15) is 0 Å². The highest BCUT2D eigenvalue weighted by molar-refractivity contribution is 7.88. The lowest BCUT2D eigenvalue weighted by Crippen LogP contribution is -2.29. The Morgan fingerprint density at radius 3 is 2.55 bits per heavy atom. The minimum atomic E-state index is -3.19. The van der Waals surface area contributed by atoms with Gasteiger partial charge >= 0.3 is 0 Å². The Balaban J connectivity index is 2.43. The molecule has 0 bridgehead atoms. The number of carbonyl (C=O) groups excluding carboxylic acids is 1. The summed E-state index contributed by atoms with van der Waals surface area (Å²) in [6, 6.07) is 0. The molecule has 10 heteroatoms. The Bertz CT molecular complexity index is 567. The van der Waals surface area contributed by atoms with Crippen LogP contribution in [0.3, 0.4) is 0 Å². The number of rotatable bonds is 7. The summed E-state index contributed by atoms with van der Waals surface area (Å²) < 4.78 is 24.0. The molecule has 0 aliphatic heterocycles. The summed E-state index contributed by atoms with van der Waals surface area (Å²) in [4.78, 5) is 18.1. The maximum absolute atomic E-state index is 11.9. The van der Waals surface area contributed by atoms with Gasteiger partial charge in [-0.3, -0.25) is 4.79 Å². The highest BCUT2D eigenvalue weighted by atomic mass is 32.2. The van der Waals surface area contributed by atoms with Crippen LogP contribution in [0.4, 0.5) is 10.9 Å². The van der Waals surface area contributed by atoms with Crippen molar-refractivity contribution in [2.24, 2.45) is 0 Å². The van der Waals surface area contributed by atoms with Crippen molar-refractivity contribution in [1.82, 2.24) is 15.0 Å². The molecule has 0 spiro atoms. The van der Waals surface area contributed by atoms with Crippen molar-refractivity contribution >= 4 is 38.2 Å². The monoisotopic (exact) mass is 321 g/mol. The van der Waals surface area contributed by atoms with Crippen molar-refractivity contribution in [3.8, 4) is 0 Å². The molecule has 0 fully saturated rings. The lowest BCUT2D eigenvalue weighted by Gasteiger charge is -2.05. The molecule has 0 aliphatic rings. The first kappa shape index (κ1) is 16.7. The molecule has 4 N–H and O–H groups in total. The van der Waals surface area contributed by atoms with Crippen molar-refractivity contribution in [2.45, 2.75) is 6.42 Å². The third-order valence-electron chi connectivity index (χ3n) is 2.23. The minimum absolute atomic E-state index is 0.200. The molecule has 1 amide bonds. The van der Waals surface area contributed by atoms with Crippen LogP contribution in [0, 0.1) is 0 Å². The molecule has 0 saturated carbocycles. The molecule has 0 aliphatic carbocycles. The first-order chi connectivity index (χ1) is 9.20. The van der Waals surface area contributed by atoms with E-state index in [1.165, 1.54) is 11.3 Å². The molecule has 114 valence electrons. The van der Waals surface area contributed by atoms with Gasteiger partial charge in [0.1, 0.15) is 10.7 Å². The third-order valence-corrected chi connectivity index (χ3v) is 4.20. The van der Waals surface area contributed by atoms with Crippen molar-refractivity contribution in [3.05, 3.63) is 4.88 Å². The summed E-state index contributed by atoms with van der Waals surface area (Å²) in [5, 5.41) is 3.34. The lowest BCUT2D eigenvalue weighted by molar-refractivity contribution is 0.0958. The summed E-state index contributed by atoms with van der Waals surface area (Å²) in [5.41, 5.74) is 5.69. The average molecular weight is 321 g/mol. The van der Waals surface area contributed by atoms with Gasteiger partial charge in [0, 0.05) is 27.2 Å². The van der Waals surface area contributed by atoms with E-state index in [2.05, 4.69) is 15.0 Å². The molecule has 0 radical (unpaired) electrons. The lowest BCUT2D eigenvalue weighted by atomic mass is 10.4. The van der Waals surface area contributed by atoms with Crippen LogP contribution in [0.5, 0.6) is 0 Å². The zero-order valence-electron chi connectivity index (χ0n) is 11.6. The van der Waals surface area contributed by atoms with E-state index >= 15 is 0 Å². The molecule has 0 unspecified atom stereocenters. The SMILES string of the molecule is CN(C)c1nc(N)c(C(=O)NCCCNS(C)(=O)=O)s1. The Kier molecular flexibility index (Phi) is 5.72. The van der Waals surface area contributed by atoms with Crippen LogP contribution < -0.4 is 20.7 Å². The van der Waals surface area contributed by atoms with E-state index in [-0.39, 0.29) is 18.3 Å². The number of hydrogen-bond donors (Lipinski definition) is 3. The number of anilines is 2. The van der Waals surface area contributed by atoms with Gasteiger partial charge < -0.3 is 16.0 Å². The largest absolute Gasteiger partial charge is 0.382 e. The Hall–Kier alpha value is -1.39. The second kappa shape index (κ2) is 6.86. The van der Waals surface area contributed by atoms with Crippen LogP contribution in [0.15, 0.2) is 0 Å².